The molecule has 1 aliphatic carbocycles. The molecule has 7 atom stereocenters. The molecule has 39 heavy (non-hydrogen) atoms. The molecule has 1 N–H and O–H groups in total. The topological polar surface area (TPSA) is 152 Å². The molecule has 1 saturated heterocycles. The first kappa shape index (κ1) is 31.7. The largest absolute Gasteiger partial charge is 0.466 e. The van der Waals surface area contributed by atoms with Gasteiger partial charge in [-0.05, 0) is 46.1 Å². The maximum absolute atomic E-state index is 13.4. The first-order valence-corrected chi connectivity index (χ1v) is 12.8. The summed E-state index contributed by atoms with van der Waals surface area (Å²) in [6, 6.07) is 0. The Bertz CT molecular complexity index is 1070. The second-order valence-corrected chi connectivity index (χ2v) is 10.1. The molecule has 0 amide bonds. The molecule has 2 rings (SSSR count). The van der Waals surface area contributed by atoms with Crippen LogP contribution < -0.4 is 0 Å². The molecule has 1 fully saturated rings. The minimum Gasteiger partial charge on any atom is -0.466 e. The quantitative estimate of drug-likeness (QED) is 0.205. The predicted octanol–water partition coefficient (Wildman–Crippen LogP) is 2.50. The van der Waals surface area contributed by atoms with Crippen molar-refractivity contribution >= 4 is 29.8 Å². The Kier molecular flexibility index (Phi) is 10.6. The summed E-state index contributed by atoms with van der Waals surface area (Å²) in [4.78, 5) is 63.5. The van der Waals surface area contributed by atoms with Crippen molar-refractivity contribution in [1.29, 1.82) is 0 Å². The van der Waals surface area contributed by atoms with E-state index in [1.165, 1.54) is 13.0 Å². The Morgan fingerprint density at radius 2 is 1.87 bits per heavy atom. The number of methoxy groups -OCH3 is 1. The Labute approximate surface area is 228 Å². The molecule has 7 unspecified atom stereocenters. The fourth-order valence-electron chi connectivity index (χ4n) is 4.19. The smallest absolute Gasteiger partial charge is 0.342 e. The van der Waals surface area contributed by atoms with Gasteiger partial charge in [-0.3, -0.25) is 9.59 Å². The fourth-order valence-corrected chi connectivity index (χ4v) is 4.19. The number of carbonyl (C=O) groups is 5. The summed E-state index contributed by atoms with van der Waals surface area (Å²) in [6.45, 7) is 12.5. The van der Waals surface area contributed by atoms with Crippen molar-refractivity contribution in [3.05, 3.63) is 35.5 Å². The van der Waals surface area contributed by atoms with Crippen LogP contribution in [0.1, 0.15) is 60.8 Å². The van der Waals surface area contributed by atoms with Gasteiger partial charge in [0, 0.05) is 12.5 Å². The van der Waals surface area contributed by atoms with Gasteiger partial charge in [0.1, 0.15) is 12.2 Å². The number of ether oxygens (including phenoxy) is 5. The fraction of sp³-hybridized carbons (Fsp3) is 0.607. The summed E-state index contributed by atoms with van der Waals surface area (Å²) in [5.74, 6) is -5.96. The van der Waals surface area contributed by atoms with E-state index in [0.717, 1.165) is 26.5 Å². The van der Waals surface area contributed by atoms with Gasteiger partial charge in [0.25, 0.3) is 0 Å². The van der Waals surface area contributed by atoms with E-state index in [-0.39, 0.29) is 11.1 Å². The van der Waals surface area contributed by atoms with Crippen molar-refractivity contribution in [3.8, 4) is 0 Å². The van der Waals surface area contributed by atoms with E-state index in [9.17, 15) is 29.1 Å². The van der Waals surface area contributed by atoms with Crippen LogP contribution >= 0.6 is 0 Å². The number of hydrogen-bond acceptors (Lipinski definition) is 11. The molecule has 0 spiro atoms. The summed E-state index contributed by atoms with van der Waals surface area (Å²) < 4.78 is 27.0. The maximum Gasteiger partial charge on any atom is 0.342 e. The molecule has 11 nitrogen and oxygen atoms in total. The number of aliphatic hydroxyl groups is 1. The average molecular weight is 551 g/mol. The summed E-state index contributed by atoms with van der Waals surface area (Å²) in [5, 5.41) is 11.0. The van der Waals surface area contributed by atoms with Gasteiger partial charge < -0.3 is 28.8 Å². The van der Waals surface area contributed by atoms with Crippen molar-refractivity contribution in [3.63, 3.8) is 0 Å². The molecule has 0 radical (unpaired) electrons. The summed E-state index contributed by atoms with van der Waals surface area (Å²) in [6.07, 6.45) is -0.959. The zero-order chi connectivity index (χ0) is 29.7. The Morgan fingerprint density at radius 3 is 2.44 bits per heavy atom. The van der Waals surface area contributed by atoms with Gasteiger partial charge >= 0.3 is 29.8 Å². The number of allylic oxidation sites excluding steroid dienone is 2. The molecule has 0 aromatic heterocycles. The highest BCUT2D eigenvalue weighted by molar-refractivity contribution is 5.93. The molecular formula is C28H38O11. The molecule has 11 heteroatoms. The van der Waals surface area contributed by atoms with Crippen LogP contribution in [0, 0.1) is 11.8 Å². The standard InChI is InChI=1S/C28H38O11/c1-9-15(3)24(30)38-22-19(26(32)35-8)12-10-11-14(2)13-20-21(16(4)25(31)37-20)23(22)39-27(33)28(7,34)17(5)36-18(6)29/h12-13,15,17,20-23,34H,4,9-11H2,1-3,5-8H3. The Morgan fingerprint density at radius 1 is 1.23 bits per heavy atom. The van der Waals surface area contributed by atoms with Crippen LogP contribution in [-0.4, -0.2) is 72.1 Å². The van der Waals surface area contributed by atoms with Gasteiger partial charge in [0.15, 0.2) is 17.8 Å². The zero-order valence-corrected chi connectivity index (χ0v) is 23.5. The second-order valence-electron chi connectivity index (χ2n) is 10.1. The van der Waals surface area contributed by atoms with Crippen LogP contribution in [0.25, 0.3) is 0 Å². The predicted molar refractivity (Wildman–Crippen MR) is 137 cm³/mol. The number of rotatable bonds is 8. The molecule has 0 aromatic rings. The molecular weight excluding hydrogens is 512 g/mol. The van der Waals surface area contributed by atoms with Gasteiger partial charge in [-0.2, -0.15) is 0 Å². The van der Waals surface area contributed by atoms with Crippen molar-refractivity contribution in [2.24, 2.45) is 11.8 Å². The first-order chi connectivity index (χ1) is 18.1. The maximum atomic E-state index is 13.4. The van der Waals surface area contributed by atoms with Gasteiger partial charge in [-0.15, -0.1) is 0 Å². The minimum absolute atomic E-state index is 0.0797. The molecule has 2 aliphatic rings. The van der Waals surface area contributed by atoms with Crippen LogP contribution in [-0.2, 0) is 47.7 Å². The second kappa shape index (κ2) is 13.1. The molecule has 1 heterocycles. The van der Waals surface area contributed by atoms with Crippen LogP contribution in [0.2, 0.25) is 0 Å². The third-order valence-electron chi connectivity index (χ3n) is 7.04. The Hall–Kier alpha value is -3.47. The van der Waals surface area contributed by atoms with Gasteiger partial charge in [0.2, 0.25) is 0 Å². The highest BCUT2D eigenvalue weighted by atomic mass is 16.6. The van der Waals surface area contributed by atoms with E-state index < -0.39 is 71.7 Å². The number of fused-ring (bicyclic) bond motifs is 1. The number of carbonyl (C=O) groups excluding carboxylic acids is 5. The van der Waals surface area contributed by atoms with Gasteiger partial charge in [0.05, 0.1) is 24.5 Å². The lowest BCUT2D eigenvalue weighted by Gasteiger charge is -2.36. The highest BCUT2D eigenvalue weighted by Crippen LogP contribution is 2.38. The molecule has 0 bridgehead atoms. The molecule has 1 aliphatic heterocycles. The van der Waals surface area contributed by atoms with Crippen LogP contribution in [0.3, 0.4) is 0 Å². The van der Waals surface area contributed by atoms with Crippen molar-refractivity contribution in [2.75, 3.05) is 7.11 Å². The number of hydrogen-bond donors (Lipinski definition) is 1. The van der Waals surface area contributed by atoms with Gasteiger partial charge in [-0.1, -0.05) is 32.1 Å². The van der Waals surface area contributed by atoms with Crippen LogP contribution in [0.5, 0.6) is 0 Å². The SMILES string of the molecule is C=C1C(=O)OC2C=C(C)CCC=C(C(=O)OC)C(OC(=O)C(C)CC)C(OC(=O)C(C)(O)C(C)OC(C)=O)C12. The Balaban J connectivity index is 2.74. The first-order valence-electron chi connectivity index (χ1n) is 12.8. The normalized spacial score (nSPS) is 26.4. The highest BCUT2D eigenvalue weighted by Gasteiger charge is 2.53. The van der Waals surface area contributed by atoms with Crippen LogP contribution in [0.4, 0.5) is 0 Å². The van der Waals surface area contributed by atoms with E-state index in [1.54, 1.807) is 19.9 Å². The molecule has 0 aromatic carbocycles. The van der Waals surface area contributed by atoms with Gasteiger partial charge in [-0.25, -0.2) is 14.4 Å². The zero-order valence-electron chi connectivity index (χ0n) is 23.5. The lowest BCUT2D eigenvalue weighted by Crippen LogP contribution is -2.53. The number of esters is 5. The third-order valence-corrected chi connectivity index (χ3v) is 7.04. The summed E-state index contributed by atoms with van der Waals surface area (Å²) in [7, 11) is 1.15. The minimum atomic E-state index is -2.35. The van der Waals surface area contributed by atoms with E-state index in [4.69, 9.17) is 23.7 Å². The molecule has 216 valence electrons. The summed E-state index contributed by atoms with van der Waals surface area (Å²) >= 11 is 0. The van der Waals surface area contributed by atoms with Crippen molar-refractivity contribution in [1.82, 2.24) is 0 Å². The third kappa shape index (κ3) is 7.35. The van der Waals surface area contributed by atoms with E-state index in [1.807, 2.05) is 6.92 Å². The van der Waals surface area contributed by atoms with E-state index >= 15 is 0 Å². The molecule has 0 saturated carbocycles. The van der Waals surface area contributed by atoms with E-state index in [2.05, 4.69) is 6.58 Å². The van der Waals surface area contributed by atoms with Crippen molar-refractivity contribution < 1.29 is 52.8 Å². The monoisotopic (exact) mass is 550 g/mol. The average Bonchev–Trinajstić information content (AvgIpc) is 3.14. The van der Waals surface area contributed by atoms with Crippen molar-refractivity contribution in [2.45, 2.75) is 90.8 Å². The van der Waals surface area contributed by atoms with Crippen LogP contribution in [0.15, 0.2) is 35.5 Å². The lowest BCUT2D eigenvalue weighted by atomic mass is 9.83. The van der Waals surface area contributed by atoms with E-state index in [0.29, 0.717) is 19.3 Å². The summed E-state index contributed by atoms with van der Waals surface area (Å²) in [5.41, 5.74) is -1.72. The lowest BCUT2D eigenvalue weighted by molar-refractivity contribution is -0.197.